The van der Waals surface area contributed by atoms with Crippen LogP contribution in [0.3, 0.4) is 0 Å². The summed E-state index contributed by atoms with van der Waals surface area (Å²) in [5.74, 6) is 1.28. The van der Waals surface area contributed by atoms with Gasteiger partial charge in [-0.3, -0.25) is 9.55 Å². The van der Waals surface area contributed by atoms with Gasteiger partial charge in [-0.2, -0.15) is 0 Å². The van der Waals surface area contributed by atoms with Crippen molar-refractivity contribution in [1.29, 1.82) is 0 Å². The molecule has 0 aliphatic carbocycles. The highest BCUT2D eigenvalue weighted by Crippen LogP contribution is 2.29. The van der Waals surface area contributed by atoms with Crippen molar-refractivity contribution in [3.05, 3.63) is 66.3 Å². The van der Waals surface area contributed by atoms with Gasteiger partial charge in [-0.15, -0.1) is 0 Å². The van der Waals surface area contributed by atoms with E-state index >= 15 is 0 Å². The molecular formula is C20H18FN5. The van der Waals surface area contributed by atoms with Gasteiger partial charge in [0, 0.05) is 24.5 Å². The van der Waals surface area contributed by atoms with E-state index in [0.29, 0.717) is 0 Å². The van der Waals surface area contributed by atoms with E-state index in [9.17, 15) is 4.39 Å². The summed E-state index contributed by atoms with van der Waals surface area (Å²) in [7, 11) is 0. The molecule has 0 radical (unpaired) electrons. The fourth-order valence-electron chi connectivity index (χ4n) is 3.04. The lowest BCUT2D eigenvalue weighted by Crippen LogP contribution is -2.04. The average Bonchev–Trinajstić information content (AvgIpc) is 3.07. The molecule has 130 valence electrons. The van der Waals surface area contributed by atoms with Crippen LogP contribution in [0.2, 0.25) is 0 Å². The zero-order chi connectivity index (χ0) is 18.1. The average molecular weight is 347 g/mol. The molecule has 0 amide bonds. The lowest BCUT2D eigenvalue weighted by Gasteiger charge is -2.12. The number of halogens is 1. The predicted molar refractivity (Wildman–Crippen MR) is 98.6 cm³/mol. The van der Waals surface area contributed by atoms with Crippen molar-refractivity contribution in [3.63, 3.8) is 0 Å². The minimum atomic E-state index is -0.275. The van der Waals surface area contributed by atoms with Gasteiger partial charge in [-0.25, -0.2) is 19.3 Å². The number of aromatic nitrogens is 5. The van der Waals surface area contributed by atoms with Crippen molar-refractivity contribution in [2.75, 3.05) is 0 Å². The summed E-state index contributed by atoms with van der Waals surface area (Å²) in [6.07, 6.45) is 6.87. The Morgan fingerprint density at radius 2 is 1.77 bits per heavy atom. The Balaban J connectivity index is 2.01. The lowest BCUT2D eigenvalue weighted by molar-refractivity contribution is 0.627. The molecule has 26 heavy (non-hydrogen) atoms. The Bertz CT molecular complexity index is 1070. The molecule has 6 heteroatoms. The number of aryl methyl sites for hydroxylation is 2. The number of pyridine rings is 1. The van der Waals surface area contributed by atoms with E-state index in [1.54, 1.807) is 24.5 Å². The van der Waals surface area contributed by atoms with Crippen molar-refractivity contribution in [2.45, 2.75) is 26.7 Å². The maximum atomic E-state index is 13.4. The first-order valence-electron chi connectivity index (χ1n) is 8.64. The van der Waals surface area contributed by atoms with E-state index in [-0.39, 0.29) is 5.82 Å². The predicted octanol–water partition coefficient (Wildman–Crippen LogP) is 4.14. The van der Waals surface area contributed by atoms with Crippen LogP contribution in [0.25, 0.3) is 28.1 Å². The molecule has 0 aliphatic heterocycles. The molecule has 0 spiro atoms. The highest BCUT2D eigenvalue weighted by Gasteiger charge is 2.18. The van der Waals surface area contributed by atoms with Crippen LogP contribution < -0.4 is 0 Å². The van der Waals surface area contributed by atoms with Gasteiger partial charge in [-0.05, 0) is 36.8 Å². The zero-order valence-corrected chi connectivity index (χ0v) is 14.6. The number of hydrogen-bond donors (Lipinski definition) is 0. The molecule has 4 aromatic rings. The molecule has 0 unspecified atom stereocenters. The van der Waals surface area contributed by atoms with Crippen molar-refractivity contribution in [2.24, 2.45) is 0 Å². The largest absolute Gasteiger partial charge is 0.291 e. The highest BCUT2D eigenvalue weighted by atomic mass is 19.1. The fourth-order valence-corrected chi connectivity index (χ4v) is 3.04. The van der Waals surface area contributed by atoms with Crippen LogP contribution in [-0.2, 0) is 12.8 Å². The van der Waals surface area contributed by atoms with Crippen molar-refractivity contribution >= 4 is 11.0 Å². The molecule has 5 nitrogen and oxygen atoms in total. The molecule has 4 rings (SSSR count). The fraction of sp³-hybridized carbons (Fsp3) is 0.200. The van der Waals surface area contributed by atoms with Crippen molar-refractivity contribution < 1.29 is 4.39 Å². The molecule has 0 N–H and O–H groups in total. The van der Waals surface area contributed by atoms with Gasteiger partial charge < -0.3 is 0 Å². The van der Waals surface area contributed by atoms with Gasteiger partial charge in [0.05, 0.1) is 28.5 Å². The van der Waals surface area contributed by atoms with E-state index in [1.807, 2.05) is 23.8 Å². The third kappa shape index (κ3) is 2.73. The summed E-state index contributed by atoms with van der Waals surface area (Å²) in [5, 5.41) is 0. The number of imidazole rings is 1. The molecule has 0 fully saturated rings. The number of hydrogen-bond acceptors (Lipinski definition) is 4. The second-order valence-electron chi connectivity index (χ2n) is 5.97. The summed E-state index contributed by atoms with van der Waals surface area (Å²) in [6, 6.07) is 8.23. The molecule has 3 aromatic heterocycles. The van der Waals surface area contributed by atoms with Crippen LogP contribution in [0.5, 0.6) is 0 Å². The summed E-state index contributed by atoms with van der Waals surface area (Å²) in [4.78, 5) is 18.1. The van der Waals surface area contributed by atoms with Crippen LogP contribution in [0.15, 0.2) is 48.9 Å². The molecular weight excluding hydrogens is 329 g/mol. The van der Waals surface area contributed by atoms with Gasteiger partial charge in [-0.1, -0.05) is 13.8 Å². The van der Waals surface area contributed by atoms with Crippen molar-refractivity contribution in [3.8, 4) is 17.1 Å². The quantitative estimate of drug-likeness (QED) is 0.557. The first kappa shape index (κ1) is 16.3. The summed E-state index contributed by atoms with van der Waals surface area (Å²) in [5.41, 5.74) is 4.32. The SMILES string of the molecule is CCc1ncc(-c2nc3ccncc3n2-c2ccc(F)cc2)c(CC)n1. The molecule has 0 aliphatic rings. The first-order chi connectivity index (χ1) is 12.7. The van der Waals surface area contributed by atoms with E-state index in [4.69, 9.17) is 4.98 Å². The molecule has 0 saturated carbocycles. The van der Waals surface area contributed by atoms with Gasteiger partial charge in [0.2, 0.25) is 0 Å². The maximum Gasteiger partial charge on any atom is 0.149 e. The van der Waals surface area contributed by atoms with Crippen LogP contribution in [-0.4, -0.2) is 24.5 Å². The topological polar surface area (TPSA) is 56.5 Å². The Kier molecular flexibility index (Phi) is 4.16. The molecule has 3 heterocycles. The smallest absolute Gasteiger partial charge is 0.149 e. The van der Waals surface area contributed by atoms with E-state index in [1.165, 1.54) is 12.1 Å². The van der Waals surface area contributed by atoms with E-state index in [0.717, 1.165) is 52.5 Å². The third-order valence-electron chi connectivity index (χ3n) is 4.35. The summed E-state index contributed by atoms with van der Waals surface area (Å²) >= 11 is 0. The number of fused-ring (bicyclic) bond motifs is 1. The zero-order valence-electron chi connectivity index (χ0n) is 14.6. The Morgan fingerprint density at radius 1 is 0.962 bits per heavy atom. The number of rotatable bonds is 4. The van der Waals surface area contributed by atoms with Crippen molar-refractivity contribution in [1.82, 2.24) is 24.5 Å². The Hall–Kier alpha value is -3.15. The second kappa shape index (κ2) is 6.63. The Morgan fingerprint density at radius 3 is 2.50 bits per heavy atom. The second-order valence-corrected chi connectivity index (χ2v) is 5.97. The van der Waals surface area contributed by atoms with E-state index in [2.05, 4.69) is 21.9 Å². The maximum absolute atomic E-state index is 13.4. The van der Waals surface area contributed by atoms with Gasteiger partial charge in [0.25, 0.3) is 0 Å². The third-order valence-corrected chi connectivity index (χ3v) is 4.35. The number of benzene rings is 1. The van der Waals surface area contributed by atoms with Crippen LogP contribution >= 0.6 is 0 Å². The summed E-state index contributed by atoms with van der Waals surface area (Å²) < 4.78 is 15.4. The van der Waals surface area contributed by atoms with Gasteiger partial charge >= 0.3 is 0 Å². The molecule has 1 aromatic carbocycles. The minimum Gasteiger partial charge on any atom is -0.291 e. The van der Waals surface area contributed by atoms with Crippen LogP contribution in [0, 0.1) is 5.82 Å². The van der Waals surface area contributed by atoms with Crippen LogP contribution in [0.1, 0.15) is 25.4 Å². The highest BCUT2D eigenvalue weighted by molar-refractivity contribution is 5.82. The Labute approximate surface area is 150 Å². The normalized spacial score (nSPS) is 11.2. The van der Waals surface area contributed by atoms with Crippen LogP contribution in [0.4, 0.5) is 4.39 Å². The first-order valence-corrected chi connectivity index (χ1v) is 8.64. The van der Waals surface area contributed by atoms with Gasteiger partial charge in [0.15, 0.2) is 0 Å². The molecule has 0 bridgehead atoms. The monoisotopic (exact) mass is 347 g/mol. The molecule has 0 saturated heterocycles. The lowest BCUT2D eigenvalue weighted by atomic mass is 10.1. The molecule has 0 atom stereocenters. The van der Waals surface area contributed by atoms with E-state index < -0.39 is 0 Å². The number of nitrogens with zero attached hydrogens (tertiary/aromatic N) is 5. The standard InChI is InChI=1S/C20H18FN5/c1-3-16-15(11-23-19(4-2)24-16)20-25-17-9-10-22-12-18(17)26(20)14-7-5-13(21)6-8-14/h5-12H,3-4H2,1-2H3. The summed E-state index contributed by atoms with van der Waals surface area (Å²) in [6.45, 7) is 4.10. The van der Waals surface area contributed by atoms with Gasteiger partial charge in [0.1, 0.15) is 17.5 Å². The minimum absolute atomic E-state index is 0.275.